The molecule has 1 unspecified atom stereocenters. The molecule has 0 radical (unpaired) electrons. The molecule has 1 aromatic heterocycles. The smallest absolute Gasteiger partial charge is 0.168 e. The highest BCUT2D eigenvalue weighted by atomic mass is 16.1. The van der Waals surface area contributed by atoms with Gasteiger partial charge in [-0.3, -0.25) is 9.78 Å². The van der Waals surface area contributed by atoms with Crippen LogP contribution in [-0.2, 0) is 0 Å². The van der Waals surface area contributed by atoms with Crippen LogP contribution in [0.15, 0.2) is 24.5 Å². The number of nitrogens with one attached hydrogen (secondary N) is 1. The van der Waals surface area contributed by atoms with Crippen molar-refractivity contribution in [1.82, 2.24) is 10.3 Å². The maximum absolute atomic E-state index is 11.9. The summed E-state index contributed by atoms with van der Waals surface area (Å²) in [6.45, 7) is 2.75. The Labute approximate surface area is 84.6 Å². The Hall–Kier alpha value is -1.22. The highest BCUT2D eigenvalue weighted by Crippen LogP contribution is 2.10. The van der Waals surface area contributed by atoms with E-state index in [0.717, 1.165) is 13.0 Å². The van der Waals surface area contributed by atoms with Gasteiger partial charge in [0.05, 0.1) is 0 Å². The summed E-state index contributed by atoms with van der Waals surface area (Å²) < 4.78 is 0. The van der Waals surface area contributed by atoms with E-state index in [2.05, 4.69) is 10.3 Å². The second-order valence-corrected chi connectivity index (χ2v) is 3.27. The molecule has 1 atom stereocenters. The minimum Gasteiger partial charge on any atom is -0.319 e. The monoisotopic (exact) mass is 192 g/mol. The van der Waals surface area contributed by atoms with Crippen LogP contribution in [0, 0.1) is 5.92 Å². The zero-order valence-corrected chi connectivity index (χ0v) is 8.66. The molecule has 1 heterocycles. The molecule has 0 aromatic carbocycles. The van der Waals surface area contributed by atoms with Crippen LogP contribution >= 0.6 is 0 Å². The van der Waals surface area contributed by atoms with Gasteiger partial charge >= 0.3 is 0 Å². The fourth-order valence-corrected chi connectivity index (χ4v) is 1.41. The summed E-state index contributed by atoms with van der Waals surface area (Å²) in [5, 5.41) is 3.03. The number of carbonyl (C=O) groups excluding carboxylic acids is 1. The fraction of sp³-hybridized carbons (Fsp3) is 0.455. The molecule has 0 amide bonds. The molecular weight excluding hydrogens is 176 g/mol. The van der Waals surface area contributed by atoms with Crippen LogP contribution < -0.4 is 5.32 Å². The van der Waals surface area contributed by atoms with E-state index in [1.807, 2.05) is 20.0 Å². The molecule has 0 aliphatic heterocycles. The van der Waals surface area contributed by atoms with Crippen LogP contribution in [0.2, 0.25) is 0 Å². The van der Waals surface area contributed by atoms with E-state index < -0.39 is 0 Å². The van der Waals surface area contributed by atoms with Gasteiger partial charge in [-0.15, -0.1) is 0 Å². The van der Waals surface area contributed by atoms with Gasteiger partial charge in [-0.25, -0.2) is 0 Å². The van der Waals surface area contributed by atoms with Gasteiger partial charge in [0.1, 0.15) is 0 Å². The minimum atomic E-state index is 0.0594. The third-order valence-electron chi connectivity index (χ3n) is 2.26. The first-order valence-corrected chi connectivity index (χ1v) is 4.88. The lowest BCUT2D eigenvalue weighted by molar-refractivity contribution is 0.0916. The van der Waals surface area contributed by atoms with Crippen molar-refractivity contribution in [2.24, 2.45) is 5.92 Å². The molecule has 0 saturated heterocycles. The highest BCUT2D eigenvalue weighted by Gasteiger charge is 2.16. The molecule has 0 spiro atoms. The Morgan fingerprint density at radius 2 is 2.43 bits per heavy atom. The Morgan fingerprint density at radius 3 is 2.93 bits per heavy atom. The Balaban J connectivity index is 2.73. The van der Waals surface area contributed by atoms with Crippen molar-refractivity contribution in [3.05, 3.63) is 30.1 Å². The van der Waals surface area contributed by atoms with Gasteiger partial charge in [-0.1, -0.05) is 6.92 Å². The molecule has 0 fully saturated rings. The van der Waals surface area contributed by atoms with Crippen molar-refractivity contribution in [3.8, 4) is 0 Å². The number of carbonyl (C=O) groups is 1. The first-order valence-electron chi connectivity index (χ1n) is 4.88. The SMILES string of the molecule is CCC(CNC)C(=O)c1cccnc1. The van der Waals surface area contributed by atoms with Crippen molar-refractivity contribution < 1.29 is 4.79 Å². The van der Waals surface area contributed by atoms with Crippen LogP contribution in [0.3, 0.4) is 0 Å². The van der Waals surface area contributed by atoms with Crippen LogP contribution in [0.25, 0.3) is 0 Å². The number of nitrogens with zero attached hydrogens (tertiary/aromatic N) is 1. The number of rotatable bonds is 5. The second-order valence-electron chi connectivity index (χ2n) is 3.27. The fourth-order valence-electron chi connectivity index (χ4n) is 1.41. The number of aromatic nitrogens is 1. The van der Waals surface area contributed by atoms with Crippen molar-refractivity contribution in [1.29, 1.82) is 0 Å². The van der Waals surface area contributed by atoms with Crippen molar-refractivity contribution in [2.75, 3.05) is 13.6 Å². The number of pyridine rings is 1. The van der Waals surface area contributed by atoms with Gasteiger partial charge in [0.15, 0.2) is 5.78 Å². The zero-order chi connectivity index (χ0) is 10.4. The molecule has 1 aromatic rings. The van der Waals surface area contributed by atoms with E-state index in [1.165, 1.54) is 0 Å². The predicted octanol–water partition coefficient (Wildman–Crippen LogP) is 1.51. The maximum Gasteiger partial charge on any atom is 0.168 e. The Kier molecular flexibility index (Phi) is 4.26. The van der Waals surface area contributed by atoms with E-state index in [0.29, 0.717) is 5.56 Å². The molecule has 3 nitrogen and oxygen atoms in total. The highest BCUT2D eigenvalue weighted by molar-refractivity contribution is 5.97. The van der Waals surface area contributed by atoms with E-state index >= 15 is 0 Å². The van der Waals surface area contributed by atoms with E-state index in [9.17, 15) is 4.79 Å². The molecule has 1 N–H and O–H groups in total. The van der Waals surface area contributed by atoms with Gasteiger partial charge in [0, 0.05) is 30.4 Å². The van der Waals surface area contributed by atoms with Gasteiger partial charge in [0.2, 0.25) is 0 Å². The second kappa shape index (κ2) is 5.50. The van der Waals surface area contributed by atoms with Gasteiger partial charge in [-0.05, 0) is 25.6 Å². The molecule has 76 valence electrons. The number of Topliss-reactive ketones (excluding diaryl/α,β-unsaturated/α-hetero) is 1. The summed E-state index contributed by atoms with van der Waals surface area (Å²) in [6, 6.07) is 3.60. The minimum absolute atomic E-state index is 0.0594. The summed E-state index contributed by atoms with van der Waals surface area (Å²) in [6.07, 6.45) is 4.16. The van der Waals surface area contributed by atoms with Crippen LogP contribution in [0.4, 0.5) is 0 Å². The molecule has 14 heavy (non-hydrogen) atoms. The average Bonchev–Trinajstić information content (AvgIpc) is 2.26. The van der Waals surface area contributed by atoms with Gasteiger partial charge < -0.3 is 5.32 Å². The number of hydrogen-bond donors (Lipinski definition) is 1. The summed E-state index contributed by atoms with van der Waals surface area (Å²) in [7, 11) is 1.86. The Morgan fingerprint density at radius 1 is 1.64 bits per heavy atom. The third kappa shape index (κ3) is 2.64. The van der Waals surface area contributed by atoms with Crippen molar-refractivity contribution in [3.63, 3.8) is 0 Å². The van der Waals surface area contributed by atoms with Gasteiger partial charge in [0.25, 0.3) is 0 Å². The topological polar surface area (TPSA) is 42.0 Å². The Bertz CT molecular complexity index is 285. The largest absolute Gasteiger partial charge is 0.319 e. The normalized spacial score (nSPS) is 12.4. The first kappa shape index (κ1) is 10.9. The van der Waals surface area contributed by atoms with Crippen LogP contribution in [0.5, 0.6) is 0 Å². The number of ketones is 1. The van der Waals surface area contributed by atoms with Crippen LogP contribution in [-0.4, -0.2) is 24.4 Å². The third-order valence-corrected chi connectivity index (χ3v) is 2.26. The van der Waals surface area contributed by atoms with Crippen molar-refractivity contribution >= 4 is 5.78 Å². The summed E-state index contributed by atoms with van der Waals surface area (Å²) in [5.74, 6) is 0.235. The molecule has 0 bridgehead atoms. The lowest BCUT2D eigenvalue weighted by Crippen LogP contribution is -2.25. The molecule has 0 aliphatic carbocycles. The lowest BCUT2D eigenvalue weighted by Gasteiger charge is -2.12. The molecule has 0 saturated carbocycles. The lowest BCUT2D eigenvalue weighted by atomic mass is 9.96. The average molecular weight is 192 g/mol. The molecule has 1 rings (SSSR count). The molecule has 3 heteroatoms. The van der Waals surface area contributed by atoms with Gasteiger partial charge in [-0.2, -0.15) is 0 Å². The molecular formula is C11H16N2O. The summed E-state index contributed by atoms with van der Waals surface area (Å²) >= 11 is 0. The van der Waals surface area contributed by atoms with Crippen molar-refractivity contribution in [2.45, 2.75) is 13.3 Å². The molecule has 0 aliphatic rings. The van der Waals surface area contributed by atoms with E-state index in [-0.39, 0.29) is 11.7 Å². The predicted molar refractivity (Wildman–Crippen MR) is 56.3 cm³/mol. The van der Waals surface area contributed by atoms with E-state index in [1.54, 1.807) is 18.5 Å². The van der Waals surface area contributed by atoms with Crippen LogP contribution in [0.1, 0.15) is 23.7 Å². The summed E-state index contributed by atoms with van der Waals surface area (Å²) in [4.78, 5) is 15.8. The standard InChI is InChI=1S/C11H16N2O/c1-3-9(7-12-2)11(14)10-5-4-6-13-8-10/h4-6,8-9,12H,3,7H2,1-2H3. The summed E-state index contributed by atoms with van der Waals surface area (Å²) in [5.41, 5.74) is 0.703. The number of hydrogen-bond acceptors (Lipinski definition) is 3. The maximum atomic E-state index is 11.9. The first-order chi connectivity index (χ1) is 6.79. The van der Waals surface area contributed by atoms with E-state index in [4.69, 9.17) is 0 Å². The zero-order valence-electron chi connectivity index (χ0n) is 8.66. The quantitative estimate of drug-likeness (QED) is 0.719.